The number of ether oxygens (including phenoxy) is 2. The number of amides is 3. The first-order valence-electron chi connectivity index (χ1n) is 6.79. The highest BCUT2D eigenvalue weighted by Crippen LogP contribution is 2.35. The third kappa shape index (κ3) is 4.27. The summed E-state index contributed by atoms with van der Waals surface area (Å²) in [6.07, 6.45) is 0.189. The van der Waals surface area contributed by atoms with Crippen LogP contribution in [-0.4, -0.2) is 37.2 Å². The molecule has 0 bridgehead atoms. The molecule has 1 unspecified atom stereocenters. The molecule has 7 nitrogen and oxygen atoms in total. The lowest BCUT2D eigenvalue weighted by atomic mass is 10.1. The number of nitrogens with one attached hydrogen (secondary N) is 2. The van der Waals surface area contributed by atoms with E-state index in [1.807, 2.05) is 0 Å². The van der Waals surface area contributed by atoms with E-state index in [4.69, 9.17) is 32.7 Å². The van der Waals surface area contributed by atoms with E-state index in [9.17, 15) is 14.4 Å². The van der Waals surface area contributed by atoms with Crippen LogP contribution in [-0.2, 0) is 20.7 Å². The second-order valence-electron chi connectivity index (χ2n) is 4.66. The summed E-state index contributed by atoms with van der Waals surface area (Å²) in [4.78, 5) is 33.9. The molecular weight excluding hydrogens is 347 g/mol. The maximum absolute atomic E-state index is 11.5. The Balaban J connectivity index is 2.06. The fraction of sp³-hybridized carbons (Fsp3) is 0.357. The number of benzene rings is 1. The van der Waals surface area contributed by atoms with Gasteiger partial charge in [-0.3, -0.25) is 10.1 Å². The standard InChI is InChI=1S/C14H14Cl2N2O5/c1-2-22-10(19)6-23-9-4-3-7(11(15)12(9)16)5-8-13(20)18-14(21)17-8/h3-4,8H,2,5-6H2,1H3,(H2,17,18,20,21). The van der Waals surface area contributed by atoms with E-state index >= 15 is 0 Å². The number of esters is 1. The molecule has 1 fully saturated rings. The second-order valence-corrected chi connectivity index (χ2v) is 5.42. The summed E-state index contributed by atoms with van der Waals surface area (Å²) in [5.74, 6) is -0.715. The average Bonchev–Trinajstić information content (AvgIpc) is 2.81. The van der Waals surface area contributed by atoms with E-state index in [1.54, 1.807) is 13.0 Å². The van der Waals surface area contributed by atoms with Gasteiger partial charge in [0.15, 0.2) is 6.61 Å². The number of carbonyl (C=O) groups excluding carboxylic acids is 3. The summed E-state index contributed by atoms with van der Waals surface area (Å²) in [5.41, 5.74) is 0.572. The van der Waals surface area contributed by atoms with Gasteiger partial charge in [0, 0.05) is 6.42 Å². The summed E-state index contributed by atoms with van der Waals surface area (Å²) >= 11 is 12.3. The number of rotatable bonds is 6. The lowest BCUT2D eigenvalue weighted by Gasteiger charge is -2.13. The molecule has 1 aliphatic rings. The van der Waals surface area contributed by atoms with Crippen LogP contribution in [0.5, 0.6) is 5.75 Å². The quantitative estimate of drug-likeness (QED) is 0.594. The van der Waals surface area contributed by atoms with Gasteiger partial charge in [-0.25, -0.2) is 9.59 Å². The van der Waals surface area contributed by atoms with Crippen molar-refractivity contribution < 1.29 is 23.9 Å². The van der Waals surface area contributed by atoms with Crippen molar-refractivity contribution in [3.05, 3.63) is 27.7 Å². The number of halogens is 2. The van der Waals surface area contributed by atoms with Crippen molar-refractivity contribution in [2.24, 2.45) is 0 Å². The number of urea groups is 1. The van der Waals surface area contributed by atoms with Crippen LogP contribution in [0.15, 0.2) is 12.1 Å². The van der Waals surface area contributed by atoms with Gasteiger partial charge in [-0.2, -0.15) is 0 Å². The number of imide groups is 1. The van der Waals surface area contributed by atoms with Crippen molar-refractivity contribution in [2.45, 2.75) is 19.4 Å². The van der Waals surface area contributed by atoms with Gasteiger partial charge in [0.25, 0.3) is 5.91 Å². The predicted octanol–water partition coefficient (Wildman–Crippen LogP) is 1.69. The molecule has 1 aromatic carbocycles. The van der Waals surface area contributed by atoms with Crippen LogP contribution in [0, 0.1) is 0 Å². The Hall–Kier alpha value is -1.99. The first-order chi connectivity index (χ1) is 10.9. The molecule has 23 heavy (non-hydrogen) atoms. The van der Waals surface area contributed by atoms with Gasteiger partial charge in [0.05, 0.1) is 11.6 Å². The summed E-state index contributed by atoms with van der Waals surface area (Å²) in [7, 11) is 0. The maximum Gasteiger partial charge on any atom is 0.344 e. The Labute approximate surface area is 142 Å². The van der Waals surface area contributed by atoms with Crippen molar-refractivity contribution >= 4 is 41.1 Å². The van der Waals surface area contributed by atoms with Gasteiger partial charge in [-0.05, 0) is 18.6 Å². The Morgan fingerprint density at radius 2 is 2.00 bits per heavy atom. The molecule has 1 aliphatic heterocycles. The van der Waals surface area contributed by atoms with Crippen molar-refractivity contribution in [1.29, 1.82) is 0 Å². The van der Waals surface area contributed by atoms with Crippen molar-refractivity contribution in [3.63, 3.8) is 0 Å². The third-order valence-corrected chi connectivity index (χ3v) is 3.96. The SMILES string of the molecule is CCOC(=O)COc1ccc(CC2NC(=O)NC2=O)c(Cl)c1Cl. The van der Waals surface area contributed by atoms with Crippen LogP contribution in [0.4, 0.5) is 4.79 Å². The van der Waals surface area contributed by atoms with E-state index in [-0.39, 0.29) is 35.4 Å². The molecular formula is C14H14Cl2N2O5. The van der Waals surface area contributed by atoms with E-state index in [1.165, 1.54) is 6.07 Å². The molecule has 0 saturated carbocycles. The highest BCUT2D eigenvalue weighted by Gasteiger charge is 2.30. The molecule has 1 aromatic rings. The largest absolute Gasteiger partial charge is 0.480 e. The molecule has 0 aromatic heterocycles. The summed E-state index contributed by atoms with van der Waals surface area (Å²) < 4.78 is 10.00. The van der Waals surface area contributed by atoms with Gasteiger partial charge in [0.1, 0.15) is 16.8 Å². The Morgan fingerprint density at radius 1 is 1.26 bits per heavy atom. The predicted molar refractivity (Wildman–Crippen MR) is 82.8 cm³/mol. The first kappa shape index (κ1) is 17.4. The van der Waals surface area contributed by atoms with Gasteiger partial charge in [-0.15, -0.1) is 0 Å². The van der Waals surface area contributed by atoms with Gasteiger partial charge >= 0.3 is 12.0 Å². The lowest BCUT2D eigenvalue weighted by molar-refractivity contribution is -0.145. The first-order valence-corrected chi connectivity index (χ1v) is 7.54. The molecule has 1 atom stereocenters. The van der Waals surface area contributed by atoms with E-state index in [0.717, 1.165) is 0 Å². The Bertz CT molecular complexity index is 650. The zero-order chi connectivity index (χ0) is 17.0. The fourth-order valence-corrected chi connectivity index (χ4v) is 2.47. The number of hydrogen-bond acceptors (Lipinski definition) is 5. The van der Waals surface area contributed by atoms with Gasteiger partial charge in [0.2, 0.25) is 0 Å². The molecule has 1 saturated heterocycles. The van der Waals surface area contributed by atoms with Crippen LogP contribution in [0.3, 0.4) is 0 Å². The highest BCUT2D eigenvalue weighted by atomic mass is 35.5. The Morgan fingerprint density at radius 3 is 2.61 bits per heavy atom. The zero-order valence-electron chi connectivity index (χ0n) is 12.2. The monoisotopic (exact) mass is 360 g/mol. The van der Waals surface area contributed by atoms with Crippen molar-refractivity contribution in [3.8, 4) is 5.75 Å². The highest BCUT2D eigenvalue weighted by molar-refractivity contribution is 6.43. The average molecular weight is 361 g/mol. The molecule has 0 aliphatic carbocycles. The zero-order valence-corrected chi connectivity index (χ0v) is 13.7. The third-order valence-electron chi connectivity index (χ3n) is 3.06. The minimum atomic E-state index is -0.706. The fourth-order valence-electron chi connectivity index (χ4n) is 2.00. The molecule has 9 heteroatoms. The molecule has 0 radical (unpaired) electrons. The topological polar surface area (TPSA) is 93.7 Å². The summed E-state index contributed by atoms with van der Waals surface area (Å²) in [5, 5.41) is 4.93. The number of hydrogen-bond donors (Lipinski definition) is 2. The van der Waals surface area contributed by atoms with Crippen LogP contribution in [0.2, 0.25) is 10.0 Å². The number of carbonyl (C=O) groups is 3. The summed E-state index contributed by atoms with van der Waals surface area (Å²) in [6.45, 7) is 1.66. The van der Waals surface area contributed by atoms with Gasteiger partial charge in [-0.1, -0.05) is 29.3 Å². The second kappa shape index (κ2) is 7.52. The molecule has 124 valence electrons. The molecule has 2 N–H and O–H groups in total. The van der Waals surface area contributed by atoms with Crippen molar-refractivity contribution in [1.82, 2.24) is 10.6 Å². The van der Waals surface area contributed by atoms with E-state index in [2.05, 4.69) is 10.6 Å². The maximum atomic E-state index is 11.5. The van der Waals surface area contributed by atoms with Crippen LogP contribution in [0.1, 0.15) is 12.5 Å². The van der Waals surface area contributed by atoms with E-state index in [0.29, 0.717) is 5.56 Å². The van der Waals surface area contributed by atoms with E-state index < -0.39 is 23.9 Å². The summed E-state index contributed by atoms with van der Waals surface area (Å²) in [6, 6.07) is 1.91. The smallest absolute Gasteiger partial charge is 0.344 e. The molecule has 1 heterocycles. The van der Waals surface area contributed by atoms with Crippen LogP contribution >= 0.6 is 23.2 Å². The molecule has 3 amide bonds. The molecule has 2 rings (SSSR count). The molecule has 0 spiro atoms. The normalized spacial score (nSPS) is 16.7. The minimum absolute atomic E-state index is 0.123. The lowest BCUT2D eigenvalue weighted by Crippen LogP contribution is -2.31. The van der Waals surface area contributed by atoms with Crippen LogP contribution < -0.4 is 15.4 Å². The minimum Gasteiger partial charge on any atom is -0.480 e. The van der Waals surface area contributed by atoms with Crippen molar-refractivity contribution in [2.75, 3.05) is 13.2 Å². The van der Waals surface area contributed by atoms with Crippen LogP contribution in [0.25, 0.3) is 0 Å². The van der Waals surface area contributed by atoms with Gasteiger partial charge < -0.3 is 14.8 Å². The Kier molecular flexibility index (Phi) is 5.68.